The Morgan fingerprint density at radius 1 is 1.35 bits per heavy atom. The standard InChI is InChI=1S/C13H24N2O5/c1-2-15(6-3-7-16)12(19)14-10-13(11(17)18)4-8-20-9-5-13/h16H,2-10H2,1H3,(H,14,19)(H,17,18). The van der Waals surface area contributed by atoms with Crippen molar-refractivity contribution in [2.75, 3.05) is 39.5 Å². The van der Waals surface area contributed by atoms with Crippen molar-refractivity contribution >= 4 is 12.0 Å². The molecule has 0 aromatic carbocycles. The van der Waals surface area contributed by atoms with Gasteiger partial charge in [-0.3, -0.25) is 4.79 Å². The van der Waals surface area contributed by atoms with E-state index in [-0.39, 0.29) is 19.2 Å². The molecule has 1 saturated heterocycles. The number of ether oxygens (including phenoxy) is 1. The fourth-order valence-corrected chi connectivity index (χ4v) is 2.25. The van der Waals surface area contributed by atoms with Crippen LogP contribution in [0.3, 0.4) is 0 Å². The van der Waals surface area contributed by atoms with E-state index in [0.29, 0.717) is 45.6 Å². The summed E-state index contributed by atoms with van der Waals surface area (Å²) < 4.78 is 5.19. The number of carboxylic acid groups (broad SMARTS) is 1. The molecular formula is C13H24N2O5. The maximum atomic E-state index is 12.0. The van der Waals surface area contributed by atoms with Crippen molar-refractivity contribution in [3.8, 4) is 0 Å². The molecule has 1 rings (SSSR count). The average Bonchev–Trinajstić information content (AvgIpc) is 2.46. The number of aliphatic carboxylic acids is 1. The van der Waals surface area contributed by atoms with Crippen molar-refractivity contribution in [1.82, 2.24) is 10.2 Å². The van der Waals surface area contributed by atoms with Crippen molar-refractivity contribution in [2.24, 2.45) is 5.41 Å². The van der Waals surface area contributed by atoms with E-state index in [0.717, 1.165) is 0 Å². The molecule has 7 nitrogen and oxygen atoms in total. The van der Waals surface area contributed by atoms with Crippen molar-refractivity contribution in [3.63, 3.8) is 0 Å². The van der Waals surface area contributed by atoms with Crippen molar-refractivity contribution in [2.45, 2.75) is 26.2 Å². The van der Waals surface area contributed by atoms with Crippen LogP contribution in [0, 0.1) is 5.41 Å². The van der Waals surface area contributed by atoms with Gasteiger partial charge in [0.05, 0.1) is 5.41 Å². The molecule has 0 bridgehead atoms. The van der Waals surface area contributed by atoms with Gasteiger partial charge in [0.15, 0.2) is 0 Å². The SMILES string of the molecule is CCN(CCCO)C(=O)NCC1(C(=O)O)CCOCC1. The molecule has 0 radical (unpaired) electrons. The summed E-state index contributed by atoms with van der Waals surface area (Å²) in [6.45, 7) is 3.78. The molecule has 3 N–H and O–H groups in total. The smallest absolute Gasteiger partial charge is 0.317 e. The number of urea groups is 1. The Balaban J connectivity index is 2.53. The highest BCUT2D eigenvalue weighted by molar-refractivity contribution is 5.78. The Morgan fingerprint density at radius 2 is 2.00 bits per heavy atom. The van der Waals surface area contributed by atoms with E-state index in [1.165, 1.54) is 0 Å². The van der Waals surface area contributed by atoms with E-state index < -0.39 is 11.4 Å². The third-order valence-corrected chi connectivity index (χ3v) is 3.74. The van der Waals surface area contributed by atoms with E-state index in [1.807, 2.05) is 6.92 Å². The molecule has 2 amide bonds. The van der Waals surface area contributed by atoms with Gasteiger partial charge in [-0.05, 0) is 26.2 Å². The van der Waals surface area contributed by atoms with Gasteiger partial charge in [0.25, 0.3) is 0 Å². The number of nitrogens with zero attached hydrogens (tertiary/aromatic N) is 1. The van der Waals surface area contributed by atoms with Crippen LogP contribution in [0.15, 0.2) is 0 Å². The Kier molecular flexibility index (Phi) is 6.74. The Bertz CT molecular complexity index is 329. The maximum absolute atomic E-state index is 12.0. The van der Waals surface area contributed by atoms with Crippen LogP contribution in [-0.4, -0.2) is 66.6 Å². The van der Waals surface area contributed by atoms with Gasteiger partial charge in [-0.1, -0.05) is 0 Å². The average molecular weight is 288 g/mol. The molecular weight excluding hydrogens is 264 g/mol. The molecule has 1 heterocycles. The Labute approximate surface area is 118 Å². The van der Waals surface area contributed by atoms with Crippen LogP contribution in [0.1, 0.15) is 26.2 Å². The summed E-state index contributed by atoms with van der Waals surface area (Å²) in [4.78, 5) is 25.0. The number of carboxylic acids is 1. The minimum absolute atomic E-state index is 0.0280. The summed E-state index contributed by atoms with van der Waals surface area (Å²) in [5.41, 5.74) is -0.926. The first-order valence-corrected chi connectivity index (χ1v) is 7.00. The number of hydrogen-bond acceptors (Lipinski definition) is 4. The third-order valence-electron chi connectivity index (χ3n) is 3.74. The first kappa shape index (κ1) is 16.7. The molecule has 0 spiro atoms. The number of carbonyl (C=O) groups is 2. The minimum Gasteiger partial charge on any atom is -0.481 e. The van der Waals surface area contributed by atoms with Gasteiger partial charge in [-0.25, -0.2) is 4.79 Å². The predicted octanol–water partition coefficient (Wildman–Crippen LogP) is 0.282. The van der Waals surface area contributed by atoms with Gasteiger partial charge in [0, 0.05) is 39.5 Å². The van der Waals surface area contributed by atoms with Gasteiger partial charge in [-0.15, -0.1) is 0 Å². The lowest BCUT2D eigenvalue weighted by atomic mass is 9.80. The molecule has 0 aromatic heterocycles. The minimum atomic E-state index is -0.926. The van der Waals surface area contributed by atoms with Crippen LogP contribution in [-0.2, 0) is 9.53 Å². The number of carbonyl (C=O) groups excluding carboxylic acids is 1. The summed E-state index contributed by atoms with van der Waals surface area (Å²) in [5.74, 6) is -0.889. The van der Waals surface area contributed by atoms with E-state index >= 15 is 0 Å². The Hall–Kier alpha value is -1.34. The molecule has 0 saturated carbocycles. The highest BCUT2D eigenvalue weighted by Gasteiger charge is 2.40. The van der Waals surface area contributed by atoms with Crippen LogP contribution in [0.25, 0.3) is 0 Å². The Morgan fingerprint density at radius 3 is 2.50 bits per heavy atom. The fourth-order valence-electron chi connectivity index (χ4n) is 2.25. The van der Waals surface area contributed by atoms with E-state index in [4.69, 9.17) is 9.84 Å². The molecule has 0 aliphatic carbocycles. The largest absolute Gasteiger partial charge is 0.481 e. The van der Waals surface area contributed by atoms with E-state index in [1.54, 1.807) is 4.90 Å². The normalized spacial score (nSPS) is 17.5. The number of aliphatic hydroxyl groups is 1. The number of hydrogen-bond donors (Lipinski definition) is 3. The topological polar surface area (TPSA) is 99.1 Å². The molecule has 1 aliphatic rings. The molecule has 7 heteroatoms. The number of amides is 2. The van der Waals surface area contributed by atoms with Crippen LogP contribution in [0.4, 0.5) is 4.79 Å². The summed E-state index contributed by atoms with van der Waals surface area (Å²) >= 11 is 0. The lowest BCUT2D eigenvalue weighted by molar-refractivity contribution is -0.154. The summed E-state index contributed by atoms with van der Waals surface area (Å²) in [6, 6.07) is -0.284. The third kappa shape index (κ3) is 4.35. The van der Waals surface area contributed by atoms with Crippen LogP contribution in [0.2, 0.25) is 0 Å². The number of nitrogens with one attached hydrogen (secondary N) is 1. The predicted molar refractivity (Wildman–Crippen MR) is 72.5 cm³/mol. The molecule has 20 heavy (non-hydrogen) atoms. The second-order valence-electron chi connectivity index (χ2n) is 5.01. The molecule has 0 atom stereocenters. The van der Waals surface area contributed by atoms with Crippen LogP contribution < -0.4 is 5.32 Å². The van der Waals surface area contributed by atoms with Crippen LogP contribution >= 0.6 is 0 Å². The lowest BCUT2D eigenvalue weighted by Crippen LogP contribution is -2.50. The van der Waals surface area contributed by atoms with E-state index in [9.17, 15) is 14.7 Å². The van der Waals surface area contributed by atoms with Gasteiger partial charge in [-0.2, -0.15) is 0 Å². The number of rotatable bonds is 7. The summed E-state index contributed by atoms with van der Waals surface area (Å²) in [6.07, 6.45) is 1.33. The van der Waals surface area contributed by atoms with Crippen molar-refractivity contribution in [3.05, 3.63) is 0 Å². The first-order valence-electron chi connectivity index (χ1n) is 7.00. The molecule has 1 fully saturated rings. The quantitative estimate of drug-likeness (QED) is 0.625. The van der Waals surface area contributed by atoms with Crippen molar-refractivity contribution < 1.29 is 24.5 Å². The molecule has 1 aliphatic heterocycles. The van der Waals surface area contributed by atoms with E-state index in [2.05, 4.69) is 5.32 Å². The maximum Gasteiger partial charge on any atom is 0.317 e. The molecule has 116 valence electrons. The van der Waals surface area contributed by atoms with Gasteiger partial charge in [0.1, 0.15) is 0 Å². The van der Waals surface area contributed by atoms with Crippen molar-refractivity contribution in [1.29, 1.82) is 0 Å². The zero-order chi connectivity index (χ0) is 15.0. The van der Waals surface area contributed by atoms with Gasteiger partial charge in [0.2, 0.25) is 0 Å². The summed E-state index contributed by atoms with van der Waals surface area (Å²) in [7, 11) is 0. The fraction of sp³-hybridized carbons (Fsp3) is 0.846. The van der Waals surface area contributed by atoms with Gasteiger partial charge < -0.3 is 25.2 Å². The molecule has 0 unspecified atom stereocenters. The monoisotopic (exact) mass is 288 g/mol. The number of aliphatic hydroxyl groups excluding tert-OH is 1. The summed E-state index contributed by atoms with van der Waals surface area (Å²) in [5, 5.41) is 20.9. The first-order chi connectivity index (χ1) is 9.55. The van der Waals surface area contributed by atoms with Gasteiger partial charge >= 0.3 is 12.0 Å². The zero-order valence-electron chi connectivity index (χ0n) is 11.9. The zero-order valence-corrected chi connectivity index (χ0v) is 11.9. The second kappa shape index (κ2) is 8.06. The molecule has 0 aromatic rings. The second-order valence-corrected chi connectivity index (χ2v) is 5.01. The highest BCUT2D eigenvalue weighted by atomic mass is 16.5. The lowest BCUT2D eigenvalue weighted by Gasteiger charge is -2.34. The van der Waals surface area contributed by atoms with Crippen LogP contribution in [0.5, 0.6) is 0 Å². The highest BCUT2D eigenvalue weighted by Crippen LogP contribution is 2.30.